The van der Waals surface area contributed by atoms with Gasteiger partial charge in [-0.3, -0.25) is 0 Å². The average molecular weight is 365 g/mol. The number of aromatic hydroxyl groups is 2. The molecule has 0 bridgehead atoms. The third-order valence-electron chi connectivity index (χ3n) is 4.02. The second-order valence-corrected chi connectivity index (χ2v) is 5.96. The fourth-order valence-electron chi connectivity index (χ4n) is 2.54. The SMILES string of the molecule is O=C(O)c1ccc(NCc2ccc(OCc3ccccc3)cc2O)cc1O. The molecule has 3 rings (SSSR count). The predicted octanol–water partition coefficient (Wildman–Crippen LogP) is 3.99. The first-order valence-electron chi connectivity index (χ1n) is 8.32. The second-order valence-electron chi connectivity index (χ2n) is 5.96. The Morgan fingerprint density at radius 3 is 2.37 bits per heavy atom. The van der Waals surface area contributed by atoms with Gasteiger partial charge in [0.2, 0.25) is 0 Å². The van der Waals surface area contributed by atoms with Crippen molar-refractivity contribution in [2.75, 3.05) is 5.32 Å². The lowest BCUT2D eigenvalue weighted by molar-refractivity contribution is 0.0694. The van der Waals surface area contributed by atoms with Gasteiger partial charge in [-0.1, -0.05) is 30.3 Å². The molecule has 3 aromatic carbocycles. The van der Waals surface area contributed by atoms with Crippen molar-refractivity contribution in [2.24, 2.45) is 0 Å². The van der Waals surface area contributed by atoms with Gasteiger partial charge in [0.1, 0.15) is 29.4 Å². The number of carboxylic acids is 1. The largest absolute Gasteiger partial charge is 0.507 e. The molecule has 138 valence electrons. The molecule has 0 atom stereocenters. The zero-order valence-corrected chi connectivity index (χ0v) is 14.4. The van der Waals surface area contributed by atoms with Crippen LogP contribution in [-0.2, 0) is 13.2 Å². The van der Waals surface area contributed by atoms with Crippen molar-refractivity contribution in [3.8, 4) is 17.2 Å². The van der Waals surface area contributed by atoms with Crippen LogP contribution in [-0.4, -0.2) is 21.3 Å². The smallest absolute Gasteiger partial charge is 0.339 e. The molecule has 0 saturated heterocycles. The maximum absolute atomic E-state index is 10.9. The summed E-state index contributed by atoms with van der Waals surface area (Å²) in [4.78, 5) is 10.9. The number of carboxylic acid groups (broad SMARTS) is 1. The monoisotopic (exact) mass is 365 g/mol. The summed E-state index contributed by atoms with van der Waals surface area (Å²) in [5, 5.41) is 31.9. The van der Waals surface area contributed by atoms with Crippen molar-refractivity contribution in [3.05, 3.63) is 83.4 Å². The molecule has 0 aliphatic carbocycles. The van der Waals surface area contributed by atoms with Crippen LogP contribution in [0.15, 0.2) is 66.7 Å². The summed E-state index contributed by atoms with van der Waals surface area (Å²) in [5.74, 6) is -0.868. The molecule has 6 heteroatoms. The number of nitrogens with one attached hydrogen (secondary N) is 1. The van der Waals surface area contributed by atoms with Gasteiger partial charge in [0.15, 0.2) is 0 Å². The van der Waals surface area contributed by atoms with E-state index in [1.807, 2.05) is 30.3 Å². The molecule has 0 radical (unpaired) electrons. The Bertz CT molecular complexity index is 941. The normalized spacial score (nSPS) is 10.4. The summed E-state index contributed by atoms with van der Waals surface area (Å²) >= 11 is 0. The van der Waals surface area contributed by atoms with Gasteiger partial charge in [0, 0.05) is 29.9 Å². The lowest BCUT2D eigenvalue weighted by atomic mass is 10.1. The summed E-state index contributed by atoms with van der Waals surface area (Å²) in [6.07, 6.45) is 0. The third kappa shape index (κ3) is 4.70. The molecule has 3 aromatic rings. The first kappa shape index (κ1) is 18.1. The molecule has 0 aromatic heterocycles. The van der Waals surface area contributed by atoms with Crippen molar-refractivity contribution in [1.29, 1.82) is 0 Å². The number of hydrogen-bond acceptors (Lipinski definition) is 5. The van der Waals surface area contributed by atoms with Crippen molar-refractivity contribution in [2.45, 2.75) is 13.2 Å². The summed E-state index contributed by atoms with van der Waals surface area (Å²) < 4.78 is 5.67. The molecule has 0 heterocycles. The number of ether oxygens (including phenoxy) is 1. The highest BCUT2D eigenvalue weighted by Crippen LogP contribution is 2.26. The van der Waals surface area contributed by atoms with Gasteiger partial charge >= 0.3 is 5.97 Å². The van der Waals surface area contributed by atoms with Gasteiger partial charge in [0.25, 0.3) is 0 Å². The highest BCUT2D eigenvalue weighted by molar-refractivity contribution is 5.91. The number of aromatic carboxylic acids is 1. The van der Waals surface area contributed by atoms with Crippen molar-refractivity contribution >= 4 is 11.7 Å². The number of anilines is 1. The van der Waals surface area contributed by atoms with Gasteiger partial charge in [-0.2, -0.15) is 0 Å². The fraction of sp³-hybridized carbons (Fsp3) is 0.0952. The lowest BCUT2D eigenvalue weighted by Crippen LogP contribution is -2.02. The van der Waals surface area contributed by atoms with Crippen LogP contribution in [0.25, 0.3) is 0 Å². The van der Waals surface area contributed by atoms with Crippen molar-refractivity contribution in [3.63, 3.8) is 0 Å². The van der Waals surface area contributed by atoms with Gasteiger partial charge in [-0.25, -0.2) is 4.79 Å². The van der Waals surface area contributed by atoms with Crippen LogP contribution in [0.2, 0.25) is 0 Å². The highest BCUT2D eigenvalue weighted by Gasteiger charge is 2.10. The topological polar surface area (TPSA) is 99.0 Å². The third-order valence-corrected chi connectivity index (χ3v) is 4.02. The van der Waals surface area contributed by atoms with Crippen LogP contribution in [0.3, 0.4) is 0 Å². The van der Waals surface area contributed by atoms with Crippen LogP contribution >= 0.6 is 0 Å². The van der Waals surface area contributed by atoms with Crippen LogP contribution in [0.4, 0.5) is 5.69 Å². The Kier molecular flexibility index (Phi) is 5.47. The molecule has 6 nitrogen and oxygen atoms in total. The van der Waals surface area contributed by atoms with Crippen LogP contribution in [0.1, 0.15) is 21.5 Å². The number of hydrogen-bond donors (Lipinski definition) is 4. The van der Waals surface area contributed by atoms with E-state index in [1.165, 1.54) is 12.1 Å². The minimum atomic E-state index is -1.19. The van der Waals surface area contributed by atoms with E-state index < -0.39 is 5.97 Å². The molecule has 0 saturated carbocycles. The minimum Gasteiger partial charge on any atom is -0.507 e. The van der Waals surface area contributed by atoms with Crippen molar-refractivity contribution in [1.82, 2.24) is 0 Å². The van der Waals surface area contributed by atoms with Crippen LogP contribution < -0.4 is 10.1 Å². The zero-order valence-electron chi connectivity index (χ0n) is 14.4. The van der Waals surface area contributed by atoms with Gasteiger partial charge in [-0.15, -0.1) is 0 Å². The van der Waals surface area contributed by atoms with E-state index >= 15 is 0 Å². The van der Waals surface area contributed by atoms with E-state index in [9.17, 15) is 15.0 Å². The molecule has 0 aliphatic rings. The maximum Gasteiger partial charge on any atom is 0.339 e. The number of phenolic OH excluding ortho intramolecular Hbond substituents is 1. The zero-order chi connectivity index (χ0) is 19.2. The van der Waals surface area contributed by atoms with E-state index in [2.05, 4.69) is 5.32 Å². The Morgan fingerprint density at radius 1 is 0.926 bits per heavy atom. The average Bonchev–Trinajstić information content (AvgIpc) is 2.66. The lowest BCUT2D eigenvalue weighted by Gasteiger charge is -2.11. The minimum absolute atomic E-state index is 0.0828. The quantitative estimate of drug-likeness (QED) is 0.505. The molecular weight excluding hydrogens is 346 g/mol. The van der Waals surface area contributed by atoms with Gasteiger partial charge < -0.3 is 25.4 Å². The molecule has 0 amide bonds. The Hall–Kier alpha value is -3.67. The molecule has 0 fully saturated rings. The van der Waals surface area contributed by atoms with Gasteiger partial charge in [-0.05, 0) is 29.8 Å². The van der Waals surface area contributed by atoms with E-state index in [4.69, 9.17) is 9.84 Å². The molecule has 27 heavy (non-hydrogen) atoms. The molecular formula is C21H19NO5. The summed E-state index contributed by atoms with van der Waals surface area (Å²) in [6.45, 7) is 0.712. The van der Waals surface area contributed by atoms with E-state index in [0.717, 1.165) is 5.56 Å². The van der Waals surface area contributed by atoms with Crippen LogP contribution in [0.5, 0.6) is 17.2 Å². The first-order valence-corrected chi connectivity index (χ1v) is 8.32. The van der Waals surface area contributed by atoms with E-state index in [1.54, 1.807) is 24.3 Å². The maximum atomic E-state index is 10.9. The molecule has 0 spiro atoms. The molecule has 0 aliphatic heterocycles. The number of rotatable bonds is 7. The highest BCUT2D eigenvalue weighted by atomic mass is 16.5. The Morgan fingerprint density at radius 2 is 1.70 bits per heavy atom. The Labute approximate surface area is 156 Å². The number of carbonyl (C=O) groups is 1. The first-order chi connectivity index (χ1) is 13.0. The standard InChI is InChI=1S/C21H19NO5/c23-19-11-17(27-13-14-4-2-1-3-5-14)8-6-15(19)12-22-16-7-9-18(21(25)26)20(24)10-16/h1-11,22-24H,12-13H2,(H,25,26). The van der Waals surface area contributed by atoms with E-state index in [-0.39, 0.29) is 17.1 Å². The Balaban J connectivity index is 1.61. The van der Waals surface area contributed by atoms with E-state index in [0.29, 0.717) is 30.2 Å². The second kappa shape index (κ2) is 8.14. The summed E-state index contributed by atoms with van der Waals surface area (Å²) in [7, 11) is 0. The van der Waals surface area contributed by atoms with Gasteiger partial charge in [0.05, 0.1) is 0 Å². The number of benzene rings is 3. The molecule has 4 N–H and O–H groups in total. The summed E-state index contributed by atoms with van der Waals surface area (Å²) in [6, 6.07) is 19.0. The number of phenols is 2. The molecule has 0 unspecified atom stereocenters. The fourth-order valence-corrected chi connectivity index (χ4v) is 2.54. The van der Waals surface area contributed by atoms with Crippen molar-refractivity contribution < 1.29 is 24.9 Å². The summed E-state index contributed by atoms with van der Waals surface area (Å²) in [5.41, 5.74) is 2.06. The van der Waals surface area contributed by atoms with Crippen LogP contribution in [0, 0.1) is 0 Å². The predicted molar refractivity (Wildman–Crippen MR) is 101 cm³/mol.